The number of urea groups is 1. The van der Waals surface area contributed by atoms with Gasteiger partial charge in [-0.1, -0.05) is 11.6 Å². The fourth-order valence-electron chi connectivity index (χ4n) is 4.03. The van der Waals surface area contributed by atoms with Crippen LogP contribution in [0, 0.1) is 5.82 Å². The van der Waals surface area contributed by atoms with E-state index in [1.807, 2.05) is 0 Å². The Morgan fingerprint density at radius 2 is 1.74 bits per heavy atom. The second-order valence-electron chi connectivity index (χ2n) is 8.98. The van der Waals surface area contributed by atoms with Crippen LogP contribution >= 0.6 is 11.6 Å². The van der Waals surface area contributed by atoms with E-state index in [1.165, 1.54) is 36.0 Å². The third-order valence-electron chi connectivity index (χ3n) is 6.07. The molecule has 3 N–H and O–H groups in total. The Bertz CT molecular complexity index is 1820. The predicted molar refractivity (Wildman–Crippen MR) is 147 cm³/mol. The zero-order valence-electron chi connectivity index (χ0n) is 22.1. The van der Waals surface area contributed by atoms with E-state index < -0.39 is 41.4 Å². The topological polar surface area (TPSA) is 140 Å². The van der Waals surface area contributed by atoms with E-state index in [-0.39, 0.29) is 27.8 Å². The van der Waals surface area contributed by atoms with Crippen LogP contribution in [0.25, 0.3) is 11.5 Å². The van der Waals surface area contributed by atoms with Crippen LogP contribution in [0.2, 0.25) is 5.15 Å². The average molecular weight is 618 g/mol. The van der Waals surface area contributed by atoms with Crippen molar-refractivity contribution >= 4 is 46.2 Å². The smallest absolute Gasteiger partial charge is 0.375 e. The molecule has 5 rings (SSSR count). The van der Waals surface area contributed by atoms with E-state index in [2.05, 4.69) is 36.1 Å². The average Bonchev–Trinajstić information content (AvgIpc) is 3.58. The summed E-state index contributed by atoms with van der Waals surface area (Å²) in [6.07, 6.45) is -0.870. The molecular formula is C26H20ClF4N9O3. The van der Waals surface area contributed by atoms with Gasteiger partial charge in [0.05, 0.1) is 53.6 Å². The number of benzene rings is 1. The first-order valence-corrected chi connectivity index (χ1v) is 12.6. The Labute approximate surface area is 244 Å². The van der Waals surface area contributed by atoms with Gasteiger partial charge in [0.1, 0.15) is 11.4 Å². The molecule has 4 aromatic heterocycles. The van der Waals surface area contributed by atoms with Gasteiger partial charge >= 0.3 is 12.2 Å². The van der Waals surface area contributed by atoms with Crippen molar-refractivity contribution in [3.8, 4) is 5.82 Å². The minimum atomic E-state index is -4.89. The van der Waals surface area contributed by atoms with Gasteiger partial charge in [-0.05, 0) is 37.3 Å². The van der Waals surface area contributed by atoms with Gasteiger partial charge in [0.15, 0.2) is 16.6 Å². The van der Waals surface area contributed by atoms with Gasteiger partial charge < -0.3 is 20.7 Å². The third kappa shape index (κ3) is 6.39. The molecule has 43 heavy (non-hydrogen) atoms. The zero-order chi connectivity index (χ0) is 30.9. The molecule has 1 atom stereocenters. The van der Waals surface area contributed by atoms with Crippen LogP contribution in [-0.2, 0) is 10.9 Å². The summed E-state index contributed by atoms with van der Waals surface area (Å²) in [7, 11) is 1.44. The largest absolute Gasteiger partial charge is 0.420 e. The van der Waals surface area contributed by atoms with E-state index in [4.69, 9.17) is 16.3 Å². The molecule has 0 saturated carbocycles. The number of rotatable bonds is 7. The lowest BCUT2D eigenvalue weighted by atomic mass is 10.2. The monoisotopic (exact) mass is 617 g/mol. The highest BCUT2D eigenvalue weighted by Gasteiger charge is 2.36. The standard InChI is InChI=1S/C26H20ClF4N9O3/c1-13(43-2)22-19(11-32-21-8-20(27)38-40(21)22)37-25(42)36-16-7-18(26(29,30)31)23(33-9-16)39-12-17(10-34-39)35-24(41)14-3-5-15(28)6-4-14/h3-13H,1-2H3,(H,35,41)(H2,36,37,42)/t13-/m0/s1. The summed E-state index contributed by atoms with van der Waals surface area (Å²) >= 11 is 5.98. The maximum atomic E-state index is 14.0. The molecule has 1 aromatic carbocycles. The summed E-state index contributed by atoms with van der Waals surface area (Å²) in [6, 6.07) is 5.99. The summed E-state index contributed by atoms with van der Waals surface area (Å²) in [5, 5.41) is 15.5. The maximum absolute atomic E-state index is 14.0. The molecular weight excluding hydrogens is 598 g/mol. The van der Waals surface area contributed by atoms with Crippen LogP contribution in [0.3, 0.4) is 0 Å². The van der Waals surface area contributed by atoms with Crippen LogP contribution < -0.4 is 16.0 Å². The van der Waals surface area contributed by atoms with Crippen molar-refractivity contribution in [1.82, 2.24) is 29.4 Å². The SMILES string of the molecule is CO[C@@H](C)c1c(NC(=O)Nc2cnc(-n3cc(NC(=O)c4ccc(F)cc4)cn3)c(C(F)(F)F)c2)cnc2cc(Cl)nn12. The molecule has 0 bridgehead atoms. The number of carbonyl (C=O) groups excluding carboxylic acids is 2. The van der Waals surface area contributed by atoms with E-state index in [9.17, 15) is 27.2 Å². The molecule has 0 aliphatic rings. The molecule has 0 saturated heterocycles. The number of hydrogen-bond donors (Lipinski definition) is 3. The number of nitrogens with one attached hydrogen (secondary N) is 3. The number of methoxy groups -OCH3 is 1. The van der Waals surface area contributed by atoms with Gasteiger partial charge in [0.2, 0.25) is 0 Å². The Morgan fingerprint density at radius 1 is 1.00 bits per heavy atom. The van der Waals surface area contributed by atoms with Crippen LogP contribution in [0.5, 0.6) is 0 Å². The van der Waals surface area contributed by atoms with Crippen LogP contribution in [0.4, 0.5) is 39.4 Å². The molecule has 4 heterocycles. The highest BCUT2D eigenvalue weighted by molar-refractivity contribution is 6.29. The number of anilines is 3. The Kier molecular flexibility index (Phi) is 7.97. The summed E-state index contributed by atoms with van der Waals surface area (Å²) in [5.41, 5.74) is -0.343. The molecule has 222 valence electrons. The van der Waals surface area contributed by atoms with Gasteiger partial charge in [-0.25, -0.2) is 28.4 Å². The Balaban J connectivity index is 1.36. The molecule has 0 unspecified atom stereocenters. The fraction of sp³-hybridized carbons (Fsp3) is 0.154. The van der Waals surface area contributed by atoms with Crippen molar-refractivity contribution in [1.29, 1.82) is 0 Å². The fourth-order valence-corrected chi connectivity index (χ4v) is 4.21. The lowest BCUT2D eigenvalue weighted by Crippen LogP contribution is -2.23. The van der Waals surface area contributed by atoms with E-state index in [0.29, 0.717) is 17.4 Å². The minimum absolute atomic E-state index is 0.0657. The molecule has 0 spiro atoms. The quantitative estimate of drug-likeness (QED) is 0.198. The number of ether oxygens (including phenoxy) is 1. The van der Waals surface area contributed by atoms with Gasteiger partial charge in [-0.3, -0.25) is 4.79 Å². The minimum Gasteiger partial charge on any atom is -0.375 e. The van der Waals surface area contributed by atoms with Crippen molar-refractivity contribution in [2.24, 2.45) is 0 Å². The van der Waals surface area contributed by atoms with Gasteiger partial charge in [0, 0.05) is 18.7 Å². The number of amides is 3. The normalized spacial score (nSPS) is 12.3. The molecule has 0 aliphatic heterocycles. The van der Waals surface area contributed by atoms with E-state index in [1.54, 1.807) is 6.92 Å². The molecule has 3 amide bonds. The number of fused-ring (bicyclic) bond motifs is 1. The first-order valence-electron chi connectivity index (χ1n) is 12.3. The second kappa shape index (κ2) is 11.7. The van der Waals surface area contributed by atoms with Crippen molar-refractivity contribution in [3.63, 3.8) is 0 Å². The maximum Gasteiger partial charge on any atom is 0.420 e. The van der Waals surface area contributed by atoms with Crippen molar-refractivity contribution in [2.45, 2.75) is 19.2 Å². The molecule has 17 heteroatoms. The van der Waals surface area contributed by atoms with Crippen LogP contribution in [-0.4, -0.2) is 48.4 Å². The molecule has 0 aliphatic carbocycles. The second-order valence-corrected chi connectivity index (χ2v) is 9.37. The highest BCUT2D eigenvalue weighted by Crippen LogP contribution is 2.35. The number of nitrogens with zero attached hydrogens (tertiary/aromatic N) is 6. The van der Waals surface area contributed by atoms with Gasteiger partial charge in [-0.2, -0.15) is 23.4 Å². The van der Waals surface area contributed by atoms with E-state index in [0.717, 1.165) is 35.4 Å². The third-order valence-corrected chi connectivity index (χ3v) is 6.26. The molecule has 0 radical (unpaired) electrons. The van der Waals surface area contributed by atoms with Crippen LogP contribution in [0.1, 0.15) is 34.6 Å². The number of alkyl halides is 3. The van der Waals surface area contributed by atoms with Crippen molar-refractivity contribution in [3.05, 3.63) is 89.0 Å². The highest BCUT2D eigenvalue weighted by atomic mass is 35.5. The Morgan fingerprint density at radius 3 is 2.44 bits per heavy atom. The number of hydrogen-bond acceptors (Lipinski definition) is 7. The summed E-state index contributed by atoms with van der Waals surface area (Å²) in [5.74, 6) is -1.77. The lowest BCUT2D eigenvalue weighted by Gasteiger charge is -2.17. The molecule has 12 nitrogen and oxygen atoms in total. The van der Waals surface area contributed by atoms with Crippen LogP contribution in [0.15, 0.2) is 61.2 Å². The Hall–Kier alpha value is -5.09. The summed E-state index contributed by atoms with van der Waals surface area (Å²) in [6.45, 7) is 1.70. The lowest BCUT2D eigenvalue weighted by molar-refractivity contribution is -0.137. The molecule has 0 fully saturated rings. The zero-order valence-corrected chi connectivity index (χ0v) is 22.9. The van der Waals surface area contributed by atoms with E-state index >= 15 is 0 Å². The summed E-state index contributed by atoms with van der Waals surface area (Å²) in [4.78, 5) is 33.2. The number of aromatic nitrogens is 6. The molecule has 5 aromatic rings. The van der Waals surface area contributed by atoms with Crippen molar-refractivity contribution < 1.29 is 31.9 Å². The number of halogens is 5. The first-order chi connectivity index (χ1) is 20.4. The number of pyridine rings is 1. The predicted octanol–water partition coefficient (Wildman–Crippen LogP) is 5.73. The van der Waals surface area contributed by atoms with Crippen molar-refractivity contribution in [2.75, 3.05) is 23.1 Å². The summed E-state index contributed by atoms with van der Waals surface area (Å²) < 4.78 is 62.8. The number of carbonyl (C=O) groups is 2. The first kappa shape index (κ1) is 29.4. The van der Waals surface area contributed by atoms with Gasteiger partial charge in [0.25, 0.3) is 5.91 Å². The van der Waals surface area contributed by atoms with Gasteiger partial charge in [-0.15, -0.1) is 0 Å².